The van der Waals surface area contributed by atoms with Gasteiger partial charge in [0.2, 0.25) is 0 Å². The van der Waals surface area contributed by atoms with Gasteiger partial charge in [0.1, 0.15) is 23.1 Å². The van der Waals surface area contributed by atoms with Crippen LogP contribution in [0.15, 0.2) is 77.0 Å². The molecule has 4 aromatic rings. The number of halogens is 2. The van der Waals surface area contributed by atoms with Crippen LogP contribution in [0, 0.1) is 0 Å². The van der Waals surface area contributed by atoms with Crippen molar-refractivity contribution in [2.24, 2.45) is 0 Å². The Hall–Kier alpha value is -3.64. The summed E-state index contributed by atoms with van der Waals surface area (Å²) in [7, 11) is -3.44. The van der Waals surface area contributed by atoms with Crippen LogP contribution >= 0.6 is 34.5 Å². The fourth-order valence-electron chi connectivity index (χ4n) is 4.27. The minimum atomic E-state index is -3.44. The third-order valence-corrected chi connectivity index (χ3v) is 10.1. The monoisotopic (exact) mass is 718 g/mol. The van der Waals surface area contributed by atoms with Crippen molar-refractivity contribution in [3.8, 4) is 11.5 Å². The third kappa shape index (κ3) is 10.4. The Kier molecular flexibility index (Phi) is 12.3. The van der Waals surface area contributed by atoms with Gasteiger partial charge >= 0.3 is 5.97 Å². The number of hydrogen-bond acceptors (Lipinski definition) is 9. The number of ether oxygens (including phenoxy) is 3. The zero-order valence-electron chi connectivity index (χ0n) is 26.4. The van der Waals surface area contributed by atoms with E-state index in [1.807, 2.05) is 5.38 Å². The molecule has 0 radical (unpaired) electrons. The number of esters is 1. The highest BCUT2D eigenvalue weighted by Crippen LogP contribution is 2.29. The van der Waals surface area contributed by atoms with Crippen LogP contribution in [0.3, 0.4) is 0 Å². The van der Waals surface area contributed by atoms with E-state index in [2.05, 4.69) is 31.1 Å². The number of nitrogens with zero attached hydrogens (tertiary/aromatic N) is 1. The molecule has 1 heterocycles. The van der Waals surface area contributed by atoms with Crippen LogP contribution in [0.1, 0.15) is 60.7 Å². The number of amides is 1. The van der Waals surface area contributed by atoms with Gasteiger partial charge in [-0.25, -0.2) is 18.2 Å². The number of aromatic nitrogens is 1. The summed E-state index contributed by atoms with van der Waals surface area (Å²) >= 11 is 13.7. The largest absolute Gasteiger partial charge is 0.485 e. The van der Waals surface area contributed by atoms with Crippen molar-refractivity contribution in [3.05, 3.63) is 104 Å². The lowest BCUT2D eigenvalue weighted by atomic mass is 9.93. The molecule has 1 aromatic heterocycles. The standard InChI is InChI=1S/C34H36Cl2N2O7S2/c1-5-43-33(40)32(45-25-13-8-22(9-14-25)7-6-18-47(41,42)26-15-11-24(35)12-16-26)38-31(39)23-10-17-27(36)28(19-23)44-20-30-37-29(21-46-30)34(2,3)4/h8-17,19,21,32H,5-7,18,20H2,1-4H3,(H,38,39). The molecule has 1 unspecified atom stereocenters. The van der Waals surface area contributed by atoms with Gasteiger partial charge in [-0.15, -0.1) is 11.3 Å². The summed E-state index contributed by atoms with van der Waals surface area (Å²) < 4.78 is 42.1. The smallest absolute Gasteiger partial charge is 0.369 e. The number of thiazole rings is 1. The Labute approximate surface area is 289 Å². The number of sulfone groups is 1. The van der Waals surface area contributed by atoms with Crippen molar-refractivity contribution >= 4 is 56.3 Å². The molecule has 0 bridgehead atoms. The Morgan fingerprint density at radius 2 is 1.70 bits per heavy atom. The quantitative estimate of drug-likeness (QED) is 0.106. The van der Waals surface area contributed by atoms with Gasteiger partial charge in [0.05, 0.1) is 28.0 Å². The van der Waals surface area contributed by atoms with E-state index in [9.17, 15) is 18.0 Å². The highest BCUT2D eigenvalue weighted by molar-refractivity contribution is 7.91. The Bertz CT molecular complexity index is 1790. The molecule has 0 aliphatic carbocycles. The lowest BCUT2D eigenvalue weighted by Crippen LogP contribution is -2.46. The summed E-state index contributed by atoms with van der Waals surface area (Å²) in [6, 6.07) is 17.4. The van der Waals surface area contributed by atoms with Gasteiger partial charge in [-0.2, -0.15) is 0 Å². The molecule has 3 aromatic carbocycles. The molecule has 0 aliphatic rings. The average Bonchev–Trinajstić information content (AvgIpc) is 3.51. The molecular formula is C34H36Cl2N2O7S2. The van der Waals surface area contributed by atoms with Crippen LogP contribution in [0.2, 0.25) is 10.0 Å². The lowest BCUT2D eigenvalue weighted by molar-refractivity contribution is -0.152. The number of nitrogens with one attached hydrogen (secondary N) is 1. The molecule has 0 saturated carbocycles. The van der Waals surface area contributed by atoms with Crippen LogP contribution in [-0.2, 0) is 37.8 Å². The molecule has 0 saturated heterocycles. The van der Waals surface area contributed by atoms with E-state index in [0.717, 1.165) is 16.3 Å². The predicted molar refractivity (Wildman–Crippen MR) is 183 cm³/mol. The fraction of sp³-hybridized carbons (Fsp3) is 0.324. The molecule has 47 heavy (non-hydrogen) atoms. The number of rotatable bonds is 14. The van der Waals surface area contributed by atoms with E-state index < -0.39 is 27.9 Å². The van der Waals surface area contributed by atoms with Crippen molar-refractivity contribution in [3.63, 3.8) is 0 Å². The molecule has 0 aliphatic heterocycles. The van der Waals surface area contributed by atoms with Crippen molar-refractivity contribution in [2.45, 2.75) is 63.7 Å². The highest BCUT2D eigenvalue weighted by Gasteiger charge is 2.26. The normalized spacial score (nSPS) is 12.3. The van der Waals surface area contributed by atoms with Gasteiger partial charge in [-0.1, -0.05) is 56.1 Å². The zero-order chi connectivity index (χ0) is 34.2. The van der Waals surface area contributed by atoms with Gasteiger partial charge < -0.3 is 19.5 Å². The Morgan fingerprint density at radius 1 is 1.00 bits per heavy atom. The summed E-state index contributed by atoms with van der Waals surface area (Å²) in [5.74, 6) is -0.811. The van der Waals surface area contributed by atoms with E-state index in [1.54, 1.807) is 43.3 Å². The van der Waals surface area contributed by atoms with E-state index in [0.29, 0.717) is 28.6 Å². The first-order chi connectivity index (χ1) is 22.2. The molecule has 9 nitrogen and oxygen atoms in total. The summed E-state index contributed by atoms with van der Waals surface area (Å²) in [4.78, 5) is 30.8. The first-order valence-electron chi connectivity index (χ1n) is 14.8. The van der Waals surface area contributed by atoms with Crippen molar-refractivity contribution < 1.29 is 32.2 Å². The van der Waals surface area contributed by atoms with Crippen molar-refractivity contribution in [2.75, 3.05) is 12.4 Å². The topological polar surface area (TPSA) is 121 Å². The molecular weight excluding hydrogens is 683 g/mol. The maximum absolute atomic E-state index is 13.2. The molecule has 4 rings (SSSR count). The van der Waals surface area contributed by atoms with E-state index in [1.165, 1.54) is 41.7 Å². The highest BCUT2D eigenvalue weighted by atomic mass is 35.5. The van der Waals surface area contributed by atoms with Crippen molar-refractivity contribution in [1.82, 2.24) is 10.3 Å². The number of hydrogen-bond donors (Lipinski definition) is 1. The SMILES string of the molecule is CCOC(=O)C(NC(=O)c1ccc(Cl)c(OCc2nc(C(C)(C)C)cs2)c1)Oc1ccc(CCCS(=O)(=O)c2ccc(Cl)cc2)cc1. The minimum Gasteiger partial charge on any atom is -0.485 e. The van der Waals surface area contributed by atoms with Gasteiger partial charge in [-0.3, -0.25) is 4.79 Å². The van der Waals surface area contributed by atoms with Crippen LogP contribution < -0.4 is 14.8 Å². The molecule has 250 valence electrons. The third-order valence-electron chi connectivity index (χ3n) is 6.86. The Balaban J connectivity index is 1.37. The second kappa shape index (κ2) is 16.0. The number of carbonyl (C=O) groups excluding carboxylic acids is 2. The van der Waals surface area contributed by atoms with E-state index >= 15 is 0 Å². The van der Waals surface area contributed by atoms with Gasteiger partial charge in [-0.05, 0) is 79.9 Å². The van der Waals surface area contributed by atoms with Crippen LogP contribution in [0.4, 0.5) is 0 Å². The maximum atomic E-state index is 13.2. The first kappa shape index (κ1) is 36.2. The van der Waals surface area contributed by atoms with Gasteiger partial charge in [0.15, 0.2) is 9.84 Å². The zero-order valence-corrected chi connectivity index (χ0v) is 29.6. The summed E-state index contributed by atoms with van der Waals surface area (Å²) in [6.45, 7) is 8.15. The number of carbonyl (C=O) groups is 2. The first-order valence-corrected chi connectivity index (χ1v) is 18.1. The number of aryl methyl sites for hydroxylation is 1. The molecule has 0 fully saturated rings. The fourth-order valence-corrected chi connectivity index (χ4v) is 6.81. The lowest BCUT2D eigenvalue weighted by Gasteiger charge is -2.19. The van der Waals surface area contributed by atoms with E-state index in [4.69, 9.17) is 37.4 Å². The van der Waals surface area contributed by atoms with Crippen molar-refractivity contribution in [1.29, 1.82) is 0 Å². The molecule has 1 amide bonds. The number of benzene rings is 3. The molecule has 1 atom stereocenters. The molecule has 13 heteroatoms. The molecule has 1 N–H and O–H groups in total. The summed E-state index contributed by atoms with van der Waals surface area (Å²) in [5.41, 5.74) is 1.94. The van der Waals surface area contributed by atoms with Gasteiger partial charge in [0, 0.05) is 21.4 Å². The second-order valence-corrected chi connectivity index (χ2v) is 15.4. The molecule has 0 spiro atoms. The van der Waals surface area contributed by atoms with Crippen LogP contribution in [0.5, 0.6) is 11.5 Å². The van der Waals surface area contributed by atoms with Gasteiger partial charge in [0.25, 0.3) is 12.1 Å². The average molecular weight is 720 g/mol. The summed E-state index contributed by atoms with van der Waals surface area (Å²) in [6.07, 6.45) is -0.530. The second-order valence-electron chi connectivity index (χ2n) is 11.6. The van der Waals surface area contributed by atoms with Crippen LogP contribution in [-0.4, -0.2) is 43.9 Å². The maximum Gasteiger partial charge on any atom is 0.369 e. The minimum absolute atomic E-state index is 0.0235. The van der Waals surface area contributed by atoms with E-state index in [-0.39, 0.29) is 40.6 Å². The van der Waals surface area contributed by atoms with Crippen LogP contribution in [0.25, 0.3) is 0 Å². The summed E-state index contributed by atoms with van der Waals surface area (Å²) in [5, 5.41) is 6.12. The Morgan fingerprint density at radius 3 is 2.34 bits per heavy atom. The predicted octanol–water partition coefficient (Wildman–Crippen LogP) is 7.43.